The lowest BCUT2D eigenvalue weighted by Crippen LogP contribution is -2.24. The molecule has 0 aliphatic heterocycles. The Morgan fingerprint density at radius 2 is 1.88 bits per heavy atom. The first-order chi connectivity index (χ1) is 15.9. The third-order valence-electron chi connectivity index (χ3n) is 6.15. The fourth-order valence-corrected chi connectivity index (χ4v) is 4.60. The Labute approximate surface area is 194 Å². The van der Waals surface area contributed by atoms with Crippen LogP contribution in [0.1, 0.15) is 50.6 Å². The molecule has 1 saturated carbocycles. The zero-order valence-corrected chi connectivity index (χ0v) is 19.6. The zero-order chi connectivity index (χ0) is 23.4. The van der Waals surface area contributed by atoms with Crippen LogP contribution in [0, 0.1) is 0 Å². The molecule has 1 aliphatic carbocycles. The number of rotatable bonds is 9. The number of fused-ring (bicyclic) bond motifs is 1. The summed E-state index contributed by atoms with van der Waals surface area (Å²) in [4.78, 5) is 11.5. The number of hydrogen-bond donors (Lipinski definition) is 1. The average molecular weight is 458 g/mol. The van der Waals surface area contributed by atoms with Crippen LogP contribution < -0.4 is 5.32 Å². The number of anilines is 1. The summed E-state index contributed by atoms with van der Waals surface area (Å²) in [6.07, 6.45) is 10.0. The lowest BCUT2D eigenvalue weighted by atomic mass is 9.95. The number of hydrogen-bond acceptors (Lipinski definition) is 5. The molecule has 1 atom stereocenters. The summed E-state index contributed by atoms with van der Waals surface area (Å²) >= 11 is 0. The molecule has 3 aromatic rings. The van der Waals surface area contributed by atoms with Gasteiger partial charge in [0.15, 0.2) is 0 Å². The topological polar surface area (TPSA) is 55.2 Å². The van der Waals surface area contributed by atoms with E-state index in [0.29, 0.717) is 12.0 Å². The second-order valence-corrected chi connectivity index (χ2v) is 9.25. The third kappa shape index (κ3) is 5.86. The highest BCUT2D eigenvalue weighted by molar-refractivity contribution is 5.94. The molecule has 1 aromatic carbocycles. The van der Waals surface area contributed by atoms with Crippen LogP contribution in [0.4, 0.5) is 14.7 Å². The van der Waals surface area contributed by atoms with Gasteiger partial charge in [0, 0.05) is 42.0 Å². The smallest absolute Gasteiger partial charge is 0.345 e. The maximum Gasteiger partial charge on any atom is 0.345 e. The highest BCUT2D eigenvalue weighted by Gasteiger charge is 2.21. The number of nitrogens with zero attached hydrogens (tertiary/aromatic N) is 4. The number of benzene rings is 1. The van der Waals surface area contributed by atoms with Crippen molar-refractivity contribution in [2.24, 2.45) is 0 Å². The number of nitrogens with one attached hydrogen (secondary N) is 1. The first-order valence-electron chi connectivity index (χ1n) is 11.7. The first-order valence-corrected chi connectivity index (χ1v) is 11.7. The molecule has 1 N–H and O–H groups in total. The molecule has 0 bridgehead atoms. The van der Waals surface area contributed by atoms with E-state index in [2.05, 4.69) is 69.1 Å². The fraction of sp³-hybridized carbons (Fsp3) is 0.520. The Bertz CT molecular complexity index is 1040. The Morgan fingerprint density at radius 3 is 2.55 bits per heavy atom. The maximum absolute atomic E-state index is 12.4. The second-order valence-electron chi connectivity index (χ2n) is 9.25. The Kier molecular flexibility index (Phi) is 7.55. The van der Waals surface area contributed by atoms with Crippen LogP contribution in [0.3, 0.4) is 0 Å². The molecule has 4 rings (SSSR count). The van der Waals surface area contributed by atoms with Gasteiger partial charge in [0.25, 0.3) is 0 Å². The van der Waals surface area contributed by atoms with Gasteiger partial charge in [-0.05, 0) is 45.0 Å². The number of alkyl halides is 2. The summed E-state index contributed by atoms with van der Waals surface area (Å²) in [7, 11) is 4.13. The van der Waals surface area contributed by atoms with E-state index >= 15 is 0 Å². The summed E-state index contributed by atoms with van der Waals surface area (Å²) in [5.41, 5.74) is 4.41. The number of ether oxygens (including phenoxy) is 1. The van der Waals surface area contributed by atoms with Gasteiger partial charge in [-0.1, -0.05) is 43.5 Å². The van der Waals surface area contributed by atoms with E-state index in [-0.39, 0.29) is 12.6 Å². The Morgan fingerprint density at radius 1 is 1.15 bits per heavy atom. The van der Waals surface area contributed by atoms with Crippen LogP contribution in [-0.2, 0) is 11.3 Å². The lowest BCUT2D eigenvalue weighted by molar-refractivity contribution is -0.130. The van der Waals surface area contributed by atoms with E-state index in [1.165, 1.54) is 24.8 Å². The summed E-state index contributed by atoms with van der Waals surface area (Å²) in [6, 6.07) is 8.73. The van der Waals surface area contributed by atoms with Gasteiger partial charge in [-0.3, -0.25) is 0 Å². The van der Waals surface area contributed by atoms with Crippen molar-refractivity contribution in [3.05, 3.63) is 42.2 Å². The molecule has 8 heteroatoms. The van der Waals surface area contributed by atoms with Crippen LogP contribution in [0.5, 0.6) is 0 Å². The maximum atomic E-state index is 12.4. The normalized spacial score (nSPS) is 16.1. The molecule has 33 heavy (non-hydrogen) atoms. The molecule has 0 saturated heterocycles. The van der Waals surface area contributed by atoms with E-state index in [4.69, 9.17) is 4.98 Å². The van der Waals surface area contributed by atoms with Gasteiger partial charge >= 0.3 is 6.61 Å². The molecule has 0 amide bonds. The minimum Gasteiger partial charge on any atom is -0.349 e. The van der Waals surface area contributed by atoms with Crippen LogP contribution in [0.2, 0.25) is 0 Å². The first kappa shape index (κ1) is 23.6. The van der Waals surface area contributed by atoms with E-state index in [9.17, 15) is 8.78 Å². The predicted molar refractivity (Wildman–Crippen MR) is 128 cm³/mol. The van der Waals surface area contributed by atoms with Crippen molar-refractivity contribution >= 4 is 17.0 Å². The van der Waals surface area contributed by atoms with E-state index in [1.807, 2.05) is 6.20 Å². The van der Waals surface area contributed by atoms with Gasteiger partial charge in [0.05, 0.1) is 6.61 Å². The van der Waals surface area contributed by atoms with E-state index < -0.39 is 6.61 Å². The molecule has 2 aromatic heterocycles. The summed E-state index contributed by atoms with van der Waals surface area (Å²) < 4.78 is 31.4. The van der Waals surface area contributed by atoms with Crippen molar-refractivity contribution in [1.29, 1.82) is 0 Å². The summed E-state index contributed by atoms with van der Waals surface area (Å²) in [6.45, 7) is -0.229. The van der Waals surface area contributed by atoms with E-state index in [1.54, 1.807) is 6.92 Å². The predicted octanol–water partition coefficient (Wildman–Crippen LogP) is 5.70. The quantitative estimate of drug-likeness (QED) is 0.446. The monoisotopic (exact) mass is 457 g/mol. The standard InChI is InChI=1S/C25H33F2N5O/c1-17(16-33-24(26)27)29-25-28-13-21-22(19-11-9-18(10-12-19)14-31(2)3)15-32(23(21)30-25)20-7-5-4-6-8-20/h9-13,15,17,20,24H,4-8,14,16H2,1-3H3,(H,28,29,30)/t17-/m0/s1. The molecule has 0 spiro atoms. The van der Waals surface area contributed by atoms with Crippen LogP contribution in [0.25, 0.3) is 22.2 Å². The van der Waals surface area contributed by atoms with Crippen molar-refractivity contribution in [3.8, 4) is 11.1 Å². The molecular weight excluding hydrogens is 424 g/mol. The summed E-state index contributed by atoms with van der Waals surface area (Å²) in [5, 5.41) is 4.10. The van der Waals surface area contributed by atoms with Gasteiger partial charge in [-0.2, -0.15) is 13.8 Å². The fourth-order valence-electron chi connectivity index (χ4n) is 4.60. The molecule has 2 heterocycles. The molecule has 0 unspecified atom stereocenters. The largest absolute Gasteiger partial charge is 0.349 e. The van der Waals surface area contributed by atoms with Crippen LogP contribution in [0.15, 0.2) is 36.7 Å². The summed E-state index contributed by atoms with van der Waals surface area (Å²) in [5.74, 6) is 0.427. The van der Waals surface area contributed by atoms with Crippen molar-refractivity contribution < 1.29 is 13.5 Å². The second kappa shape index (κ2) is 10.6. The van der Waals surface area contributed by atoms with Gasteiger partial charge in [-0.15, -0.1) is 0 Å². The molecule has 1 fully saturated rings. The highest BCUT2D eigenvalue weighted by atomic mass is 19.3. The Hall–Kier alpha value is -2.58. The minimum atomic E-state index is -2.78. The number of halogens is 2. The van der Waals surface area contributed by atoms with Gasteiger partial charge in [0.1, 0.15) is 5.65 Å². The highest BCUT2D eigenvalue weighted by Crippen LogP contribution is 2.36. The SMILES string of the molecule is C[C@@H](COC(F)F)Nc1ncc2c(-c3ccc(CN(C)C)cc3)cn(C3CCCCC3)c2n1. The molecule has 1 aliphatic rings. The van der Waals surface area contributed by atoms with Gasteiger partial charge in [0.2, 0.25) is 5.95 Å². The van der Waals surface area contributed by atoms with Crippen molar-refractivity contribution in [2.45, 2.75) is 64.3 Å². The lowest BCUT2D eigenvalue weighted by Gasteiger charge is -2.24. The van der Waals surface area contributed by atoms with Gasteiger partial charge < -0.3 is 19.5 Å². The minimum absolute atomic E-state index is 0.118. The molecule has 0 radical (unpaired) electrons. The molecule has 6 nitrogen and oxygen atoms in total. The van der Waals surface area contributed by atoms with Crippen LogP contribution in [-0.4, -0.2) is 52.8 Å². The van der Waals surface area contributed by atoms with Crippen molar-refractivity contribution in [3.63, 3.8) is 0 Å². The number of aromatic nitrogens is 3. The Balaban J connectivity index is 1.67. The van der Waals surface area contributed by atoms with Gasteiger partial charge in [-0.25, -0.2) is 4.98 Å². The average Bonchev–Trinajstić information content (AvgIpc) is 3.17. The van der Waals surface area contributed by atoms with E-state index in [0.717, 1.165) is 41.5 Å². The van der Waals surface area contributed by atoms with Crippen molar-refractivity contribution in [1.82, 2.24) is 19.4 Å². The third-order valence-corrected chi connectivity index (χ3v) is 6.15. The zero-order valence-electron chi connectivity index (χ0n) is 19.6. The van der Waals surface area contributed by atoms with Crippen molar-refractivity contribution in [2.75, 3.05) is 26.0 Å². The van der Waals surface area contributed by atoms with Crippen LogP contribution >= 0.6 is 0 Å². The molecular formula is C25H33F2N5O. The molecule has 178 valence electrons.